The molecule has 1 atom stereocenters. The molecule has 0 aliphatic carbocycles. The summed E-state index contributed by atoms with van der Waals surface area (Å²) in [6.45, 7) is 4.39. The van der Waals surface area contributed by atoms with E-state index in [1.807, 2.05) is 6.92 Å². The third-order valence-corrected chi connectivity index (χ3v) is 3.66. The number of hydrogen-bond acceptors (Lipinski definition) is 2. The highest BCUT2D eigenvalue weighted by Crippen LogP contribution is 2.34. The van der Waals surface area contributed by atoms with Crippen LogP contribution in [0.1, 0.15) is 31.5 Å². The molecule has 0 saturated carbocycles. The van der Waals surface area contributed by atoms with Crippen molar-refractivity contribution in [1.82, 2.24) is 9.78 Å². The fourth-order valence-electron chi connectivity index (χ4n) is 2.16. The quantitative estimate of drug-likeness (QED) is 0.934. The molecule has 0 fully saturated rings. The molecule has 1 aromatic carbocycles. The van der Waals surface area contributed by atoms with Crippen LogP contribution in [0.25, 0.3) is 0 Å². The minimum absolute atomic E-state index is 0.365. The minimum atomic E-state index is -1.30. The van der Waals surface area contributed by atoms with Crippen LogP contribution in [0.15, 0.2) is 34.9 Å². The van der Waals surface area contributed by atoms with E-state index in [1.54, 1.807) is 29.9 Å². The van der Waals surface area contributed by atoms with Crippen LogP contribution in [0.2, 0.25) is 0 Å². The van der Waals surface area contributed by atoms with Gasteiger partial charge in [-0.2, -0.15) is 5.10 Å². The van der Waals surface area contributed by atoms with Gasteiger partial charge in [-0.3, -0.25) is 4.68 Å². The first-order valence-electron chi connectivity index (χ1n) is 6.17. The van der Waals surface area contributed by atoms with Crippen molar-refractivity contribution < 1.29 is 9.50 Å². The van der Waals surface area contributed by atoms with Crippen molar-refractivity contribution in [3.05, 3.63) is 52.0 Å². The maximum atomic E-state index is 13.3. The van der Waals surface area contributed by atoms with Gasteiger partial charge in [-0.15, -0.1) is 0 Å². The number of hydrogen-bond donors (Lipinski definition) is 1. The molecule has 0 aliphatic heterocycles. The minimum Gasteiger partial charge on any atom is -0.379 e. The molecular formula is C14H16BrFN2O. The highest BCUT2D eigenvalue weighted by Gasteiger charge is 2.32. The Morgan fingerprint density at radius 3 is 2.84 bits per heavy atom. The Morgan fingerprint density at radius 2 is 2.21 bits per heavy atom. The smallest absolute Gasteiger partial charge is 0.130 e. The molecule has 1 N–H and O–H groups in total. The lowest BCUT2D eigenvalue weighted by Crippen LogP contribution is -2.27. The first kappa shape index (κ1) is 14.2. The van der Waals surface area contributed by atoms with Crippen LogP contribution in [0.3, 0.4) is 0 Å². The van der Waals surface area contributed by atoms with Crippen molar-refractivity contribution in [2.75, 3.05) is 0 Å². The summed E-state index contributed by atoms with van der Waals surface area (Å²) >= 11 is 3.40. The second kappa shape index (κ2) is 5.43. The molecule has 0 amide bonds. The summed E-state index contributed by atoms with van der Waals surface area (Å²) in [5.41, 5.74) is -0.155. The maximum Gasteiger partial charge on any atom is 0.130 e. The molecule has 1 aromatic heterocycles. The molecular weight excluding hydrogens is 311 g/mol. The Balaban J connectivity index is 2.52. The average molecular weight is 327 g/mol. The van der Waals surface area contributed by atoms with E-state index in [0.29, 0.717) is 17.8 Å². The number of aromatic nitrogens is 2. The van der Waals surface area contributed by atoms with Crippen LogP contribution >= 0.6 is 15.9 Å². The van der Waals surface area contributed by atoms with Gasteiger partial charge in [0.2, 0.25) is 0 Å². The first-order valence-corrected chi connectivity index (χ1v) is 6.96. The molecule has 1 unspecified atom stereocenters. The number of rotatable bonds is 4. The predicted molar refractivity (Wildman–Crippen MR) is 75.3 cm³/mol. The van der Waals surface area contributed by atoms with Crippen LogP contribution < -0.4 is 0 Å². The second-order valence-corrected chi connectivity index (χ2v) is 5.50. The number of halogens is 2. The van der Waals surface area contributed by atoms with Crippen LogP contribution in [0.5, 0.6) is 0 Å². The van der Waals surface area contributed by atoms with E-state index in [2.05, 4.69) is 21.0 Å². The topological polar surface area (TPSA) is 38.0 Å². The Kier molecular flexibility index (Phi) is 4.06. The number of aryl methyl sites for hydroxylation is 1. The summed E-state index contributed by atoms with van der Waals surface area (Å²) in [4.78, 5) is 0. The van der Waals surface area contributed by atoms with Crippen molar-refractivity contribution in [2.45, 2.75) is 32.4 Å². The fourth-order valence-corrected chi connectivity index (χ4v) is 2.84. The van der Waals surface area contributed by atoms with E-state index in [0.717, 1.165) is 10.9 Å². The monoisotopic (exact) mass is 326 g/mol. The Morgan fingerprint density at radius 1 is 1.47 bits per heavy atom. The zero-order chi connectivity index (χ0) is 14.0. The molecule has 3 nitrogen and oxygen atoms in total. The van der Waals surface area contributed by atoms with E-state index >= 15 is 0 Å². The van der Waals surface area contributed by atoms with Gasteiger partial charge in [-0.25, -0.2) is 4.39 Å². The fraction of sp³-hybridized carbons (Fsp3) is 0.357. The highest BCUT2D eigenvalue weighted by molar-refractivity contribution is 9.10. The van der Waals surface area contributed by atoms with E-state index in [-0.39, 0.29) is 5.82 Å². The van der Waals surface area contributed by atoms with E-state index < -0.39 is 5.60 Å². The van der Waals surface area contributed by atoms with E-state index in [1.165, 1.54) is 12.1 Å². The van der Waals surface area contributed by atoms with E-state index in [9.17, 15) is 9.50 Å². The van der Waals surface area contributed by atoms with Crippen LogP contribution in [-0.2, 0) is 12.1 Å². The third-order valence-electron chi connectivity index (χ3n) is 3.08. The van der Waals surface area contributed by atoms with Gasteiger partial charge < -0.3 is 5.11 Å². The molecule has 102 valence electrons. The lowest BCUT2D eigenvalue weighted by Gasteiger charge is -2.25. The number of benzene rings is 1. The summed E-state index contributed by atoms with van der Waals surface area (Å²) in [6.07, 6.45) is 2.55. The SMILES string of the molecule is CCCn1ncc(Br)c1C(C)(O)c1cccc(F)c1. The molecule has 2 aromatic rings. The predicted octanol–water partition coefficient (Wildman–Crippen LogP) is 3.45. The second-order valence-electron chi connectivity index (χ2n) is 4.65. The van der Waals surface area contributed by atoms with Gasteiger partial charge in [0.25, 0.3) is 0 Å². The molecule has 0 radical (unpaired) electrons. The van der Waals surface area contributed by atoms with Crippen molar-refractivity contribution in [1.29, 1.82) is 0 Å². The number of aliphatic hydroxyl groups is 1. The van der Waals surface area contributed by atoms with Crippen LogP contribution in [0, 0.1) is 5.82 Å². The Labute approximate surface area is 120 Å². The van der Waals surface area contributed by atoms with Gasteiger partial charge in [-0.1, -0.05) is 19.1 Å². The summed E-state index contributed by atoms with van der Waals surface area (Å²) in [5.74, 6) is -0.365. The standard InChI is InChI=1S/C14H16BrFN2O/c1-3-7-18-13(12(15)9-17-18)14(2,19)10-5-4-6-11(16)8-10/h4-6,8-9,19H,3,7H2,1-2H3. The lowest BCUT2D eigenvalue weighted by atomic mass is 9.92. The summed E-state index contributed by atoms with van der Waals surface area (Å²) in [5, 5.41) is 15.0. The molecule has 0 spiro atoms. The van der Waals surface area contributed by atoms with Crippen molar-refractivity contribution >= 4 is 15.9 Å². The van der Waals surface area contributed by atoms with E-state index in [4.69, 9.17) is 0 Å². The zero-order valence-corrected chi connectivity index (χ0v) is 12.5. The average Bonchev–Trinajstić information content (AvgIpc) is 2.71. The molecule has 5 heteroatoms. The van der Waals surface area contributed by atoms with Gasteiger partial charge in [0.1, 0.15) is 11.4 Å². The molecule has 0 saturated heterocycles. The summed E-state index contributed by atoms with van der Waals surface area (Å²) in [7, 11) is 0. The molecule has 0 aliphatic rings. The molecule has 1 heterocycles. The third kappa shape index (κ3) is 2.72. The van der Waals surface area contributed by atoms with Crippen molar-refractivity contribution in [2.24, 2.45) is 0 Å². The molecule has 2 rings (SSSR count). The van der Waals surface area contributed by atoms with Gasteiger partial charge in [-0.05, 0) is 47.0 Å². The normalized spacial score (nSPS) is 14.4. The summed E-state index contributed by atoms with van der Waals surface area (Å²) in [6, 6.07) is 6.00. The van der Waals surface area contributed by atoms with Crippen LogP contribution in [0.4, 0.5) is 4.39 Å². The number of nitrogens with zero attached hydrogens (tertiary/aromatic N) is 2. The van der Waals surface area contributed by atoms with Crippen molar-refractivity contribution in [3.8, 4) is 0 Å². The van der Waals surface area contributed by atoms with Gasteiger partial charge in [0, 0.05) is 6.54 Å². The zero-order valence-electron chi connectivity index (χ0n) is 10.9. The molecule has 0 bridgehead atoms. The van der Waals surface area contributed by atoms with Gasteiger partial charge >= 0.3 is 0 Å². The van der Waals surface area contributed by atoms with Crippen molar-refractivity contribution in [3.63, 3.8) is 0 Å². The Bertz CT molecular complexity index is 581. The highest BCUT2D eigenvalue weighted by atomic mass is 79.9. The Hall–Kier alpha value is -1.20. The van der Waals surface area contributed by atoms with Crippen LogP contribution in [-0.4, -0.2) is 14.9 Å². The maximum absolute atomic E-state index is 13.3. The van der Waals surface area contributed by atoms with Gasteiger partial charge in [0.05, 0.1) is 16.4 Å². The summed E-state index contributed by atoms with van der Waals surface area (Å²) < 4.78 is 15.8. The van der Waals surface area contributed by atoms with Gasteiger partial charge in [0.15, 0.2) is 0 Å². The molecule has 19 heavy (non-hydrogen) atoms. The largest absolute Gasteiger partial charge is 0.379 e. The first-order chi connectivity index (χ1) is 8.96. The lowest BCUT2D eigenvalue weighted by molar-refractivity contribution is 0.0902.